The topological polar surface area (TPSA) is 84.3 Å². The number of anilines is 1. The lowest BCUT2D eigenvalue weighted by molar-refractivity contribution is 0.0690. The second-order valence-corrected chi connectivity index (χ2v) is 4.26. The van der Waals surface area contributed by atoms with E-state index in [1.54, 1.807) is 6.07 Å². The van der Waals surface area contributed by atoms with Gasteiger partial charge in [-0.1, -0.05) is 12.1 Å². The van der Waals surface area contributed by atoms with Gasteiger partial charge in [0.25, 0.3) is 0 Å². The first-order valence-electron chi connectivity index (χ1n) is 6.73. The lowest BCUT2D eigenvalue weighted by Crippen LogP contribution is -2.07. The summed E-state index contributed by atoms with van der Waals surface area (Å²) in [5.41, 5.74) is 0.668. The van der Waals surface area contributed by atoms with Crippen LogP contribution in [-0.4, -0.2) is 34.2 Å². The van der Waals surface area contributed by atoms with Gasteiger partial charge in [0, 0.05) is 18.2 Å². The van der Waals surface area contributed by atoms with Crippen LogP contribution in [0.2, 0.25) is 0 Å². The van der Waals surface area contributed by atoms with Gasteiger partial charge in [-0.15, -0.1) is 0 Å². The van der Waals surface area contributed by atoms with Gasteiger partial charge in [-0.25, -0.2) is 14.8 Å². The first-order chi connectivity index (χ1) is 10.1. The summed E-state index contributed by atoms with van der Waals surface area (Å²) in [5, 5.41) is 12.2. The highest BCUT2D eigenvalue weighted by atomic mass is 16.5. The molecule has 0 radical (unpaired) electrons. The summed E-state index contributed by atoms with van der Waals surface area (Å²) < 4.78 is 5.44. The molecule has 0 atom stereocenters. The van der Waals surface area contributed by atoms with E-state index in [9.17, 15) is 4.79 Å². The van der Waals surface area contributed by atoms with E-state index in [-0.39, 0.29) is 5.69 Å². The molecule has 6 nitrogen and oxygen atoms in total. The third kappa shape index (κ3) is 3.68. The number of rotatable bonds is 6. The average Bonchev–Trinajstić information content (AvgIpc) is 2.48. The molecular weight excluding hydrogens is 270 g/mol. The summed E-state index contributed by atoms with van der Waals surface area (Å²) >= 11 is 0. The van der Waals surface area contributed by atoms with Crippen LogP contribution in [0.4, 0.5) is 5.82 Å². The molecule has 21 heavy (non-hydrogen) atoms. The zero-order valence-corrected chi connectivity index (χ0v) is 12.0. The lowest BCUT2D eigenvalue weighted by atomic mass is 10.2. The lowest BCUT2D eigenvalue weighted by Gasteiger charge is -2.08. The van der Waals surface area contributed by atoms with Gasteiger partial charge in [-0.3, -0.25) is 0 Å². The Morgan fingerprint density at radius 1 is 1.29 bits per heavy atom. The smallest absolute Gasteiger partial charge is 0.354 e. The fourth-order valence-corrected chi connectivity index (χ4v) is 1.85. The second-order valence-electron chi connectivity index (χ2n) is 4.26. The minimum Gasteiger partial charge on any atom is -0.494 e. The highest BCUT2D eigenvalue weighted by Crippen LogP contribution is 2.22. The molecule has 110 valence electrons. The Morgan fingerprint density at radius 3 is 2.76 bits per heavy atom. The first-order valence-corrected chi connectivity index (χ1v) is 6.73. The van der Waals surface area contributed by atoms with Crippen molar-refractivity contribution in [2.24, 2.45) is 0 Å². The molecule has 0 aliphatic carbocycles. The van der Waals surface area contributed by atoms with Crippen molar-refractivity contribution >= 4 is 11.8 Å². The highest BCUT2D eigenvalue weighted by molar-refractivity contribution is 5.87. The van der Waals surface area contributed by atoms with Crippen molar-refractivity contribution in [3.8, 4) is 17.1 Å². The van der Waals surface area contributed by atoms with Gasteiger partial charge in [0.15, 0.2) is 11.5 Å². The first kappa shape index (κ1) is 14.8. The molecule has 0 spiro atoms. The fourth-order valence-electron chi connectivity index (χ4n) is 1.85. The Morgan fingerprint density at radius 2 is 2.10 bits per heavy atom. The number of carboxylic acid groups (broad SMARTS) is 1. The van der Waals surface area contributed by atoms with E-state index < -0.39 is 5.97 Å². The molecule has 2 N–H and O–H groups in total. The normalized spacial score (nSPS) is 10.2. The maximum absolute atomic E-state index is 11.2. The summed E-state index contributed by atoms with van der Waals surface area (Å²) in [7, 11) is 0. The molecule has 1 aromatic carbocycles. The van der Waals surface area contributed by atoms with Crippen molar-refractivity contribution in [3.05, 3.63) is 36.0 Å². The van der Waals surface area contributed by atoms with Crippen LogP contribution in [0.1, 0.15) is 24.3 Å². The number of ether oxygens (including phenoxy) is 1. The van der Waals surface area contributed by atoms with Crippen molar-refractivity contribution in [1.82, 2.24) is 9.97 Å². The molecule has 0 amide bonds. The van der Waals surface area contributed by atoms with E-state index in [0.29, 0.717) is 36.1 Å². The van der Waals surface area contributed by atoms with Gasteiger partial charge in [-0.2, -0.15) is 0 Å². The minimum atomic E-state index is -1.08. The molecule has 0 fully saturated rings. The van der Waals surface area contributed by atoms with Crippen molar-refractivity contribution in [1.29, 1.82) is 0 Å². The molecule has 0 unspecified atom stereocenters. The van der Waals surface area contributed by atoms with Crippen LogP contribution in [0.5, 0.6) is 5.75 Å². The Bertz CT molecular complexity index is 644. The van der Waals surface area contributed by atoms with E-state index >= 15 is 0 Å². The zero-order valence-electron chi connectivity index (χ0n) is 12.0. The van der Waals surface area contributed by atoms with Crippen LogP contribution in [0.25, 0.3) is 11.4 Å². The zero-order chi connectivity index (χ0) is 15.2. The summed E-state index contributed by atoms with van der Waals surface area (Å²) in [6, 6.07) is 8.68. The number of carboxylic acids is 1. The van der Waals surface area contributed by atoms with Crippen LogP contribution >= 0.6 is 0 Å². The number of hydrogen-bond donors (Lipinski definition) is 2. The Balaban J connectivity index is 2.46. The second kappa shape index (κ2) is 6.69. The summed E-state index contributed by atoms with van der Waals surface area (Å²) in [4.78, 5) is 19.6. The van der Waals surface area contributed by atoms with Crippen molar-refractivity contribution in [2.45, 2.75) is 13.8 Å². The number of aromatic nitrogens is 2. The molecule has 6 heteroatoms. The SMILES string of the molecule is CCNc1cc(C(=O)O)nc(-c2cccc(OCC)c2)n1. The van der Waals surface area contributed by atoms with E-state index in [1.165, 1.54) is 6.07 Å². The summed E-state index contributed by atoms with van der Waals surface area (Å²) in [6.45, 7) is 5.02. The van der Waals surface area contributed by atoms with Crippen LogP contribution in [0.3, 0.4) is 0 Å². The van der Waals surface area contributed by atoms with E-state index in [1.807, 2.05) is 32.0 Å². The Labute approximate surface area is 122 Å². The molecule has 0 bridgehead atoms. The molecule has 1 heterocycles. The third-order valence-corrected chi connectivity index (χ3v) is 2.71. The van der Waals surface area contributed by atoms with Crippen LogP contribution in [0, 0.1) is 0 Å². The molecular formula is C15H17N3O3. The van der Waals surface area contributed by atoms with E-state index in [0.717, 1.165) is 0 Å². The van der Waals surface area contributed by atoms with Gasteiger partial charge < -0.3 is 15.2 Å². The van der Waals surface area contributed by atoms with E-state index in [4.69, 9.17) is 9.84 Å². The molecule has 2 rings (SSSR count). The van der Waals surface area contributed by atoms with E-state index in [2.05, 4.69) is 15.3 Å². The maximum Gasteiger partial charge on any atom is 0.354 e. The van der Waals surface area contributed by atoms with Gasteiger partial charge in [-0.05, 0) is 26.0 Å². The third-order valence-electron chi connectivity index (χ3n) is 2.71. The molecule has 1 aromatic heterocycles. The predicted molar refractivity (Wildman–Crippen MR) is 79.8 cm³/mol. The van der Waals surface area contributed by atoms with Crippen LogP contribution in [0.15, 0.2) is 30.3 Å². The number of nitrogens with zero attached hydrogens (tertiary/aromatic N) is 2. The van der Waals surface area contributed by atoms with Gasteiger partial charge in [0.05, 0.1) is 6.61 Å². The average molecular weight is 287 g/mol. The standard InChI is InChI=1S/C15H17N3O3/c1-3-16-13-9-12(15(19)20)17-14(18-13)10-6-5-7-11(8-10)21-4-2/h5-9H,3-4H2,1-2H3,(H,19,20)(H,16,17,18). The number of nitrogens with one attached hydrogen (secondary N) is 1. The maximum atomic E-state index is 11.2. The van der Waals surface area contributed by atoms with Crippen LogP contribution in [-0.2, 0) is 0 Å². The van der Waals surface area contributed by atoms with Gasteiger partial charge >= 0.3 is 5.97 Å². The minimum absolute atomic E-state index is 0.0437. The highest BCUT2D eigenvalue weighted by Gasteiger charge is 2.12. The largest absolute Gasteiger partial charge is 0.494 e. The number of benzene rings is 1. The summed E-state index contributed by atoms with van der Waals surface area (Å²) in [5.74, 6) is 0.456. The quantitative estimate of drug-likeness (QED) is 0.849. The number of carbonyl (C=O) groups is 1. The number of aromatic carboxylic acids is 1. The van der Waals surface area contributed by atoms with Crippen molar-refractivity contribution in [3.63, 3.8) is 0 Å². The fraction of sp³-hybridized carbons (Fsp3) is 0.267. The van der Waals surface area contributed by atoms with Crippen molar-refractivity contribution in [2.75, 3.05) is 18.5 Å². The van der Waals surface area contributed by atoms with Gasteiger partial charge in [0.1, 0.15) is 11.6 Å². The van der Waals surface area contributed by atoms with Crippen LogP contribution < -0.4 is 10.1 Å². The predicted octanol–water partition coefficient (Wildman–Crippen LogP) is 2.67. The Kier molecular flexibility index (Phi) is 4.71. The molecule has 0 saturated heterocycles. The molecule has 0 aliphatic heterocycles. The molecule has 0 saturated carbocycles. The van der Waals surface area contributed by atoms with Crippen molar-refractivity contribution < 1.29 is 14.6 Å². The monoisotopic (exact) mass is 287 g/mol. The van der Waals surface area contributed by atoms with Gasteiger partial charge in [0.2, 0.25) is 0 Å². The number of hydrogen-bond acceptors (Lipinski definition) is 5. The molecule has 0 aliphatic rings. The Hall–Kier alpha value is -2.63. The summed E-state index contributed by atoms with van der Waals surface area (Å²) in [6.07, 6.45) is 0. The molecule has 2 aromatic rings.